The first-order valence-corrected chi connectivity index (χ1v) is 14.5. The van der Waals surface area contributed by atoms with E-state index in [-0.39, 0.29) is 0 Å². The van der Waals surface area contributed by atoms with Gasteiger partial charge in [0, 0.05) is 11.8 Å². The Hall–Kier alpha value is -1.83. The smallest absolute Gasteiger partial charge is 0.119 e. The molecule has 1 fully saturated rings. The molecule has 0 atom stereocenters. The molecule has 0 bridgehead atoms. The normalized spacial score (nSPS) is 18.2. The van der Waals surface area contributed by atoms with E-state index in [0.29, 0.717) is 0 Å². The van der Waals surface area contributed by atoms with Gasteiger partial charge in [-0.05, 0) is 73.4 Å². The highest BCUT2D eigenvalue weighted by Gasteiger charge is 2.20. The summed E-state index contributed by atoms with van der Waals surface area (Å²) in [5.41, 5.74) is 3.55. The summed E-state index contributed by atoms with van der Waals surface area (Å²) in [4.78, 5) is 4.68. The maximum absolute atomic E-state index is 6.05. The number of pyridine rings is 1. The quantitative estimate of drug-likeness (QED) is 0.231. The van der Waals surface area contributed by atoms with Gasteiger partial charge in [0.05, 0.1) is 12.3 Å². The van der Waals surface area contributed by atoms with E-state index >= 15 is 0 Å². The second kappa shape index (κ2) is 16.0. The molecule has 1 aromatic carbocycles. The van der Waals surface area contributed by atoms with E-state index in [1.807, 2.05) is 6.20 Å². The largest absolute Gasteiger partial charge is 0.494 e. The lowest BCUT2D eigenvalue weighted by atomic mass is 9.78. The number of benzene rings is 1. The number of hydrogen-bond donors (Lipinski definition) is 0. The minimum Gasteiger partial charge on any atom is -0.494 e. The number of hydrogen-bond acceptors (Lipinski definition) is 2. The summed E-state index contributed by atoms with van der Waals surface area (Å²) < 4.78 is 6.05. The summed E-state index contributed by atoms with van der Waals surface area (Å²) in [6.45, 7) is 5.38. The standard InChI is InChI=1S/C32H49NO/c1-3-5-7-8-10-12-27-15-17-28(18-16-27)14-11-25-34-31-22-20-30(21-23-31)32-24-19-29(26-33-32)13-9-6-4-2/h19-24,26-28H,3-18,25H2,1-2H3. The zero-order valence-electron chi connectivity index (χ0n) is 22.1. The summed E-state index contributed by atoms with van der Waals surface area (Å²) in [5, 5.41) is 0. The average Bonchev–Trinajstić information content (AvgIpc) is 2.88. The number of aromatic nitrogens is 1. The molecule has 2 heteroatoms. The molecule has 0 aliphatic heterocycles. The molecule has 1 heterocycles. The molecule has 1 aliphatic carbocycles. The Balaban J connectivity index is 1.28. The number of ether oxygens (including phenoxy) is 1. The summed E-state index contributed by atoms with van der Waals surface area (Å²) in [6, 6.07) is 12.8. The molecule has 0 spiro atoms. The van der Waals surface area contributed by atoms with Crippen LogP contribution in [0.25, 0.3) is 11.3 Å². The van der Waals surface area contributed by atoms with Gasteiger partial charge in [-0.25, -0.2) is 0 Å². The van der Waals surface area contributed by atoms with E-state index in [1.54, 1.807) is 0 Å². The first kappa shape index (κ1) is 26.8. The first-order valence-electron chi connectivity index (χ1n) is 14.5. The maximum Gasteiger partial charge on any atom is 0.119 e. The summed E-state index contributed by atoms with van der Waals surface area (Å²) >= 11 is 0. The van der Waals surface area contributed by atoms with Crippen molar-refractivity contribution in [2.24, 2.45) is 11.8 Å². The minimum absolute atomic E-state index is 0.835. The van der Waals surface area contributed by atoms with E-state index in [9.17, 15) is 0 Å². The van der Waals surface area contributed by atoms with Crippen LogP contribution in [0.3, 0.4) is 0 Å². The molecule has 2 nitrogen and oxygen atoms in total. The van der Waals surface area contributed by atoms with Gasteiger partial charge in [0.25, 0.3) is 0 Å². The fourth-order valence-electron chi connectivity index (χ4n) is 5.45. The van der Waals surface area contributed by atoms with E-state index < -0.39 is 0 Å². The topological polar surface area (TPSA) is 22.1 Å². The summed E-state index contributed by atoms with van der Waals surface area (Å²) in [5.74, 6) is 2.92. The van der Waals surface area contributed by atoms with Crippen molar-refractivity contribution in [3.05, 3.63) is 48.2 Å². The van der Waals surface area contributed by atoms with Crippen molar-refractivity contribution >= 4 is 0 Å². The monoisotopic (exact) mass is 463 g/mol. The van der Waals surface area contributed by atoms with Crippen molar-refractivity contribution in [3.8, 4) is 17.0 Å². The Morgan fingerprint density at radius 1 is 0.706 bits per heavy atom. The molecular weight excluding hydrogens is 414 g/mol. The lowest BCUT2D eigenvalue weighted by Crippen LogP contribution is -2.15. The van der Waals surface area contributed by atoms with Crippen LogP contribution in [0.5, 0.6) is 5.75 Å². The van der Waals surface area contributed by atoms with Crippen LogP contribution in [-0.2, 0) is 6.42 Å². The van der Waals surface area contributed by atoms with Gasteiger partial charge in [-0.3, -0.25) is 4.98 Å². The zero-order chi connectivity index (χ0) is 23.8. The number of nitrogens with zero attached hydrogens (tertiary/aromatic N) is 1. The third-order valence-electron chi connectivity index (χ3n) is 7.75. The predicted molar refractivity (Wildman–Crippen MR) is 146 cm³/mol. The highest BCUT2D eigenvalue weighted by Crippen LogP contribution is 2.34. The molecule has 3 rings (SSSR count). The average molecular weight is 464 g/mol. The van der Waals surface area contributed by atoms with Crippen LogP contribution in [0, 0.1) is 11.8 Å². The second-order valence-electron chi connectivity index (χ2n) is 10.6. The molecule has 2 aromatic rings. The van der Waals surface area contributed by atoms with E-state index in [1.165, 1.54) is 102 Å². The van der Waals surface area contributed by atoms with Crippen molar-refractivity contribution in [2.75, 3.05) is 6.61 Å². The molecule has 1 saturated carbocycles. The van der Waals surface area contributed by atoms with Crippen LogP contribution >= 0.6 is 0 Å². The first-order chi connectivity index (χ1) is 16.8. The zero-order valence-corrected chi connectivity index (χ0v) is 22.1. The Morgan fingerprint density at radius 3 is 2.00 bits per heavy atom. The van der Waals surface area contributed by atoms with Crippen LogP contribution < -0.4 is 4.74 Å². The fourth-order valence-corrected chi connectivity index (χ4v) is 5.45. The molecule has 34 heavy (non-hydrogen) atoms. The Labute approximate surface area is 209 Å². The van der Waals surface area contributed by atoms with Crippen LogP contribution in [0.1, 0.15) is 116 Å². The highest BCUT2D eigenvalue weighted by atomic mass is 16.5. The van der Waals surface area contributed by atoms with Gasteiger partial charge in [-0.2, -0.15) is 0 Å². The third-order valence-corrected chi connectivity index (χ3v) is 7.75. The molecule has 188 valence electrons. The Morgan fingerprint density at radius 2 is 1.35 bits per heavy atom. The molecule has 0 amide bonds. The molecule has 1 aliphatic rings. The number of rotatable bonds is 16. The van der Waals surface area contributed by atoms with Crippen molar-refractivity contribution in [1.29, 1.82) is 0 Å². The van der Waals surface area contributed by atoms with Gasteiger partial charge < -0.3 is 4.74 Å². The van der Waals surface area contributed by atoms with Crippen molar-refractivity contribution in [2.45, 2.75) is 117 Å². The summed E-state index contributed by atoms with van der Waals surface area (Å²) in [7, 11) is 0. The maximum atomic E-state index is 6.05. The van der Waals surface area contributed by atoms with Gasteiger partial charge >= 0.3 is 0 Å². The Bertz CT molecular complexity index is 759. The van der Waals surface area contributed by atoms with Gasteiger partial charge in [0.15, 0.2) is 0 Å². The van der Waals surface area contributed by atoms with Crippen molar-refractivity contribution < 1.29 is 4.74 Å². The van der Waals surface area contributed by atoms with Gasteiger partial charge in [0.2, 0.25) is 0 Å². The molecule has 0 radical (unpaired) electrons. The van der Waals surface area contributed by atoms with Gasteiger partial charge in [0.1, 0.15) is 5.75 Å². The highest BCUT2D eigenvalue weighted by molar-refractivity contribution is 5.60. The lowest BCUT2D eigenvalue weighted by molar-refractivity contribution is 0.228. The predicted octanol–water partition coefficient (Wildman–Crippen LogP) is 9.81. The van der Waals surface area contributed by atoms with E-state index in [4.69, 9.17) is 4.74 Å². The molecular formula is C32H49NO. The van der Waals surface area contributed by atoms with Crippen LogP contribution in [-0.4, -0.2) is 11.6 Å². The molecule has 0 N–H and O–H groups in total. The lowest BCUT2D eigenvalue weighted by Gasteiger charge is -2.28. The minimum atomic E-state index is 0.835. The fraction of sp³-hybridized carbons (Fsp3) is 0.656. The molecule has 1 aromatic heterocycles. The van der Waals surface area contributed by atoms with Crippen molar-refractivity contribution in [1.82, 2.24) is 4.98 Å². The Kier molecular flexibility index (Phi) is 12.6. The summed E-state index contributed by atoms with van der Waals surface area (Å²) in [6.07, 6.45) is 23.9. The third kappa shape index (κ3) is 9.80. The van der Waals surface area contributed by atoms with E-state index in [0.717, 1.165) is 41.9 Å². The van der Waals surface area contributed by atoms with Crippen molar-refractivity contribution in [3.63, 3.8) is 0 Å². The SMILES string of the molecule is CCCCCCCC1CCC(CCCOc2ccc(-c3ccc(CCCCC)cn3)cc2)CC1. The van der Waals surface area contributed by atoms with Gasteiger partial charge in [-0.15, -0.1) is 0 Å². The number of unbranched alkanes of at least 4 members (excludes halogenated alkanes) is 6. The van der Waals surface area contributed by atoms with Crippen LogP contribution in [0.2, 0.25) is 0 Å². The van der Waals surface area contributed by atoms with Crippen LogP contribution in [0.4, 0.5) is 0 Å². The molecule has 0 saturated heterocycles. The second-order valence-corrected chi connectivity index (χ2v) is 10.6. The molecule has 0 unspecified atom stereocenters. The number of aryl methyl sites for hydroxylation is 1. The van der Waals surface area contributed by atoms with E-state index in [2.05, 4.69) is 55.2 Å². The van der Waals surface area contributed by atoms with Gasteiger partial charge in [-0.1, -0.05) is 97.0 Å². The van der Waals surface area contributed by atoms with Crippen LogP contribution in [0.15, 0.2) is 42.6 Å².